The van der Waals surface area contributed by atoms with Crippen LogP contribution in [0.3, 0.4) is 0 Å². The van der Waals surface area contributed by atoms with Crippen molar-refractivity contribution in [1.82, 2.24) is 9.88 Å². The fourth-order valence-corrected chi connectivity index (χ4v) is 4.55. The molecule has 7 heteroatoms. The van der Waals surface area contributed by atoms with Crippen LogP contribution in [-0.2, 0) is 16.1 Å². The van der Waals surface area contributed by atoms with Crippen LogP contribution in [0.4, 0.5) is 11.5 Å². The third kappa shape index (κ3) is 3.65. The Bertz CT molecular complexity index is 932. The van der Waals surface area contributed by atoms with E-state index in [1.165, 1.54) is 5.56 Å². The van der Waals surface area contributed by atoms with Crippen molar-refractivity contribution >= 4 is 23.2 Å². The first-order valence-electron chi connectivity index (χ1n) is 10.7. The molecule has 0 radical (unpaired) electrons. The van der Waals surface area contributed by atoms with Gasteiger partial charge in [-0.3, -0.25) is 9.79 Å². The lowest BCUT2D eigenvalue weighted by atomic mass is 9.84. The summed E-state index contributed by atoms with van der Waals surface area (Å²) < 4.78 is 5.61. The lowest BCUT2D eigenvalue weighted by Gasteiger charge is -2.46. The van der Waals surface area contributed by atoms with Gasteiger partial charge in [0.1, 0.15) is 11.9 Å². The van der Waals surface area contributed by atoms with E-state index in [2.05, 4.69) is 27.8 Å². The molecule has 30 heavy (non-hydrogen) atoms. The summed E-state index contributed by atoms with van der Waals surface area (Å²) in [7, 11) is 0. The van der Waals surface area contributed by atoms with Crippen molar-refractivity contribution in [3.05, 3.63) is 54.2 Å². The number of nitrogens with one attached hydrogen (secondary N) is 2. The molecular weight excluding hydrogens is 378 g/mol. The highest BCUT2D eigenvalue weighted by Gasteiger charge is 2.44. The Hall–Kier alpha value is -2.93. The van der Waals surface area contributed by atoms with Crippen molar-refractivity contribution in [2.45, 2.75) is 43.9 Å². The van der Waals surface area contributed by atoms with Crippen molar-refractivity contribution < 1.29 is 9.53 Å². The number of piperidine rings is 1. The van der Waals surface area contributed by atoms with Crippen molar-refractivity contribution in [2.75, 3.05) is 30.3 Å². The minimum atomic E-state index is -0.321. The third-order valence-corrected chi connectivity index (χ3v) is 6.27. The molecule has 2 aromatic rings. The first-order valence-corrected chi connectivity index (χ1v) is 10.7. The molecule has 4 heterocycles. The number of benzene rings is 1. The lowest BCUT2D eigenvalue weighted by Crippen LogP contribution is -2.60. The number of carbonyl (C=O) groups is 1. The number of hydrogen-bond acceptors (Lipinski definition) is 5. The molecule has 2 saturated heterocycles. The van der Waals surface area contributed by atoms with E-state index < -0.39 is 0 Å². The van der Waals surface area contributed by atoms with Gasteiger partial charge in [-0.15, -0.1) is 0 Å². The molecule has 1 aromatic heterocycles. The molecule has 7 nitrogen and oxygen atoms in total. The molecule has 0 saturated carbocycles. The van der Waals surface area contributed by atoms with Gasteiger partial charge in [0.15, 0.2) is 5.82 Å². The minimum absolute atomic E-state index is 0.135. The minimum Gasteiger partial charge on any atom is -0.370 e. The van der Waals surface area contributed by atoms with Gasteiger partial charge >= 0.3 is 0 Å². The second-order valence-corrected chi connectivity index (χ2v) is 8.21. The number of ether oxygens (including phenoxy) is 1. The molecule has 0 bridgehead atoms. The number of nitrogens with zero attached hydrogens (tertiary/aromatic N) is 3. The fraction of sp³-hybridized carbons (Fsp3) is 0.435. The number of hydrogen-bond donors (Lipinski definition) is 2. The van der Waals surface area contributed by atoms with E-state index in [4.69, 9.17) is 9.73 Å². The van der Waals surface area contributed by atoms with Gasteiger partial charge in [-0.25, -0.2) is 4.98 Å². The largest absolute Gasteiger partial charge is 0.370 e. The molecule has 1 spiro atoms. The van der Waals surface area contributed by atoms with E-state index in [-0.39, 0.29) is 17.6 Å². The monoisotopic (exact) mass is 405 g/mol. The highest BCUT2D eigenvalue weighted by atomic mass is 16.5. The van der Waals surface area contributed by atoms with Crippen LogP contribution in [0.15, 0.2) is 53.7 Å². The zero-order valence-electron chi connectivity index (χ0n) is 17.0. The highest BCUT2D eigenvalue weighted by Crippen LogP contribution is 2.36. The van der Waals surface area contributed by atoms with E-state index in [0.717, 1.165) is 43.0 Å². The smallest absolute Gasteiger partial charge is 0.251 e. The van der Waals surface area contributed by atoms with Crippen molar-refractivity contribution in [1.29, 1.82) is 0 Å². The predicted octanol–water partition coefficient (Wildman–Crippen LogP) is 3.06. The van der Waals surface area contributed by atoms with Gasteiger partial charge in [0.2, 0.25) is 0 Å². The first kappa shape index (κ1) is 19.1. The van der Waals surface area contributed by atoms with Crippen LogP contribution in [0.5, 0.6) is 0 Å². The Kier molecular flexibility index (Phi) is 5.12. The maximum absolute atomic E-state index is 12.8. The summed E-state index contributed by atoms with van der Waals surface area (Å²) in [4.78, 5) is 24.2. The maximum atomic E-state index is 12.8. The Morgan fingerprint density at radius 2 is 2.03 bits per heavy atom. The summed E-state index contributed by atoms with van der Waals surface area (Å²) in [6.07, 6.45) is 4.92. The van der Waals surface area contributed by atoms with Crippen molar-refractivity contribution in [3.8, 4) is 0 Å². The van der Waals surface area contributed by atoms with Crippen molar-refractivity contribution in [3.63, 3.8) is 0 Å². The number of likely N-dealkylation sites (tertiary alicyclic amines) is 1. The molecule has 3 aliphatic rings. The number of fused-ring (bicyclic) bond motifs is 1. The number of amides is 1. The summed E-state index contributed by atoms with van der Waals surface area (Å²) in [5, 5.41) is 7.18. The maximum Gasteiger partial charge on any atom is 0.251 e. The van der Waals surface area contributed by atoms with Crippen LogP contribution >= 0.6 is 0 Å². The summed E-state index contributed by atoms with van der Waals surface area (Å²) in [6.45, 7) is 2.67. The Morgan fingerprint density at radius 1 is 1.20 bits per heavy atom. The number of pyridine rings is 1. The number of carbonyl (C=O) groups excluding carboxylic acids is 1. The molecule has 2 N–H and O–H groups in total. The molecule has 1 amide bonds. The van der Waals surface area contributed by atoms with Gasteiger partial charge in [0.05, 0.1) is 17.8 Å². The molecular formula is C23H27N5O2. The molecule has 1 atom stereocenters. The van der Waals surface area contributed by atoms with E-state index in [0.29, 0.717) is 26.2 Å². The summed E-state index contributed by atoms with van der Waals surface area (Å²) >= 11 is 0. The summed E-state index contributed by atoms with van der Waals surface area (Å²) in [6, 6.07) is 14.2. The molecule has 3 aliphatic heterocycles. The van der Waals surface area contributed by atoms with E-state index in [1.807, 2.05) is 35.2 Å². The quantitative estimate of drug-likeness (QED) is 0.821. The molecule has 0 aliphatic carbocycles. The van der Waals surface area contributed by atoms with Gasteiger partial charge in [0, 0.05) is 25.9 Å². The molecule has 156 valence electrons. The zero-order chi connectivity index (χ0) is 20.4. The fourth-order valence-electron chi connectivity index (χ4n) is 4.55. The van der Waals surface area contributed by atoms with Gasteiger partial charge in [0.25, 0.3) is 5.91 Å². The second kappa shape index (κ2) is 8.07. The average molecular weight is 406 g/mol. The van der Waals surface area contributed by atoms with Gasteiger partial charge < -0.3 is 20.3 Å². The zero-order valence-corrected chi connectivity index (χ0v) is 17.0. The van der Waals surface area contributed by atoms with Crippen LogP contribution in [0.2, 0.25) is 0 Å². The van der Waals surface area contributed by atoms with Crippen LogP contribution in [0, 0.1) is 0 Å². The van der Waals surface area contributed by atoms with Crippen LogP contribution < -0.4 is 10.6 Å². The van der Waals surface area contributed by atoms with Crippen LogP contribution in [0.25, 0.3) is 0 Å². The Morgan fingerprint density at radius 3 is 2.80 bits per heavy atom. The van der Waals surface area contributed by atoms with Crippen LogP contribution in [0.1, 0.15) is 31.2 Å². The number of rotatable bonds is 3. The van der Waals surface area contributed by atoms with Gasteiger partial charge in [-0.2, -0.15) is 0 Å². The number of aliphatic imine (C=N–C) groups is 1. The third-order valence-electron chi connectivity index (χ3n) is 6.27. The van der Waals surface area contributed by atoms with E-state index >= 15 is 0 Å². The topological polar surface area (TPSA) is 78.8 Å². The predicted molar refractivity (Wildman–Crippen MR) is 117 cm³/mol. The first-order chi connectivity index (χ1) is 14.7. The van der Waals surface area contributed by atoms with Gasteiger partial charge in [-0.1, -0.05) is 30.3 Å². The Balaban J connectivity index is 1.37. The number of aromatic nitrogens is 1. The summed E-state index contributed by atoms with van der Waals surface area (Å²) in [5.74, 6) is 1.84. The number of amidine groups is 1. The molecule has 2 fully saturated rings. The Labute approximate surface area is 176 Å². The van der Waals surface area contributed by atoms with E-state index in [9.17, 15) is 4.79 Å². The summed E-state index contributed by atoms with van der Waals surface area (Å²) in [5.41, 5.74) is 1.83. The standard InChI is InChI=1S/C23H27N5O2/c29-21(19-9-5-15-30-19)28-13-10-23(11-14-28)22(25-16-17-6-2-1-3-7-17)26-20-18(27-23)8-4-12-24-20/h1-4,6-8,12,19,27H,5,9-11,13-16H2,(H,24,25,26). The van der Waals surface area contributed by atoms with Gasteiger partial charge in [-0.05, 0) is 43.4 Å². The molecule has 1 aromatic carbocycles. The normalized spacial score (nSPS) is 23.7. The average Bonchev–Trinajstić information content (AvgIpc) is 3.33. The molecule has 1 unspecified atom stereocenters. The van der Waals surface area contributed by atoms with Crippen LogP contribution in [-0.4, -0.2) is 53.0 Å². The second-order valence-electron chi connectivity index (χ2n) is 8.21. The SMILES string of the molecule is O=C(C1CCCO1)N1CCC2(CC1)Nc1cccnc1NC2=NCc1ccccc1. The lowest BCUT2D eigenvalue weighted by molar-refractivity contribution is -0.142. The molecule has 5 rings (SSSR count). The van der Waals surface area contributed by atoms with Crippen molar-refractivity contribution in [2.24, 2.45) is 4.99 Å². The van der Waals surface area contributed by atoms with E-state index in [1.54, 1.807) is 6.20 Å². The highest BCUT2D eigenvalue weighted by molar-refractivity contribution is 6.08. The number of anilines is 2.